The number of aromatic nitrogens is 2. The van der Waals surface area contributed by atoms with Gasteiger partial charge in [-0.1, -0.05) is 18.2 Å². The van der Waals surface area contributed by atoms with Gasteiger partial charge in [0.05, 0.1) is 17.5 Å². The van der Waals surface area contributed by atoms with E-state index < -0.39 is 36.1 Å². The van der Waals surface area contributed by atoms with Crippen LogP contribution in [0.4, 0.5) is 8.78 Å². The van der Waals surface area contributed by atoms with Crippen LogP contribution in [0.5, 0.6) is 0 Å². The van der Waals surface area contributed by atoms with E-state index in [0.29, 0.717) is 18.4 Å². The molecule has 0 saturated carbocycles. The molecule has 2 amide bonds. The molecule has 2 saturated heterocycles. The molecule has 1 aromatic carbocycles. The van der Waals surface area contributed by atoms with E-state index in [9.17, 15) is 18.4 Å². The maximum absolute atomic E-state index is 14.3. The molecule has 25 heavy (non-hydrogen) atoms. The van der Waals surface area contributed by atoms with E-state index >= 15 is 0 Å². The molecule has 8 heteroatoms. The van der Waals surface area contributed by atoms with Crippen molar-refractivity contribution in [3.05, 3.63) is 30.0 Å². The molecule has 132 valence electrons. The Morgan fingerprint density at radius 3 is 2.76 bits per heavy atom. The van der Waals surface area contributed by atoms with E-state index in [1.165, 1.54) is 0 Å². The molecule has 6 nitrogen and oxygen atoms in total. The molecule has 1 aromatic heterocycles. The molecule has 2 aromatic rings. The number of hydrogen-bond donors (Lipinski definition) is 1. The van der Waals surface area contributed by atoms with Crippen molar-refractivity contribution in [1.29, 1.82) is 0 Å². The molecule has 0 radical (unpaired) electrons. The largest absolute Gasteiger partial charge is 0.356 e. The number of likely N-dealkylation sites (tertiary alicyclic amines) is 1. The van der Waals surface area contributed by atoms with Crippen molar-refractivity contribution < 1.29 is 18.4 Å². The Labute approximate surface area is 142 Å². The summed E-state index contributed by atoms with van der Waals surface area (Å²) in [5.74, 6) is -4.05. The predicted molar refractivity (Wildman–Crippen MR) is 86.2 cm³/mol. The number of amides is 2. The normalized spacial score (nSPS) is 25.6. The quantitative estimate of drug-likeness (QED) is 0.851. The van der Waals surface area contributed by atoms with Crippen LogP contribution in [-0.2, 0) is 11.8 Å². The van der Waals surface area contributed by atoms with Gasteiger partial charge in [0.15, 0.2) is 5.69 Å². The smallest absolute Gasteiger partial charge is 0.275 e. The van der Waals surface area contributed by atoms with E-state index in [0.717, 1.165) is 10.4 Å². The number of para-hydroxylation sites is 1. The van der Waals surface area contributed by atoms with Crippen molar-refractivity contribution in [1.82, 2.24) is 20.0 Å². The highest BCUT2D eigenvalue weighted by atomic mass is 19.3. The van der Waals surface area contributed by atoms with Crippen LogP contribution in [-0.4, -0.2) is 52.1 Å². The van der Waals surface area contributed by atoms with Gasteiger partial charge >= 0.3 is 0 Å². The highest BCUT2D eigenvalue weighted by Gasteiger charge is 2.56. The molecule has 2 fully saturated rings. The van der Waals surface area contributed by atoms with E-state index in [-0.39, 0.29) is 12.2 Å². The number of carbonyl (C=O) groups is 2. The minimum atomic E-state index is -3.10. The molecule has 3 heterocycles. The minimum Gasteiger partial charge on any atom is -0.356 e. The van der Waals surface area contributed by atoms with E-state index in [4.69, 9.17) is 0 Å². The lowest BCUT2D eigenvalue weighted by molar-refractivity contribution is -0.144. The summed E-state index contributed by atoms with van der Waals surface area (Å²) in [4.78, 5) is 26.2. The Bertz CT molecular complexity index is 879. The fourth-order valence-electron chi connectivity index (χ4n) is 4.01. The van der Waals surface area contributed by atoms with Crippen LogP contribution >= 0.6 is 0 Å². The van der Waals surface area contributed by atoms with E-state index in [2.05, 4.69) is 10.4 Å². The summed E-state index contributed by atoms with van der Waals surface area (Å²) in [6.45, 7) is -0.326. The first-order chi connectivity index (χ1) is 11.8. The maximum Gasteiger partial charge on any atom is 0.275 e. The zero-order valence-corrected chi connectivity index (χ0v) is 13.8. The van der Waals surface area contributed by atoms with Gasteiger partial charge in [0.25, 0.3) is 11.8 Å². The van der Waals surface area contributed by atoms with E-state index in [1.807, 2.05) is 12.1 Å². The van der Waals surface area contributed by atoms with Crippen molar-refractivity contribution in [3.8, 4) is 0 Å². The van der Waals surface area contributed by atoms with Gasteiger partial charge in [0, 0.05) is 31.9 Å². The van der Waals surface area contributed by atoms with Crippen LogP contribution in [0.25, 0.3) is 10.9 Å². The zero-order valence-electron chi connectivity index (χ0n) is 13.8. The number of piperidine rings is 1. The molecule has 1 atom stereocenters. The molecule has 0 unspecified atom stereocenters. The number of halogens is 2. The number of benzene rings is 1. The van der Waals surface area contributed by atoms with Crippen LogP contribution in [0.15, 0.2) is 24.3 Å². The highest BCUT2D eigenvalue weighted by Crippen LogP contribution is 2.43. The van der Waals surface area contributed by atoms with Crippen LogP contribution < -0.4 is 5.32 Å². The third kappa shape index (κ3) is 2.47. The van der Waals surface area contributed by atoms with Gasteiger partial charge in [-0.3, -0.25) is 14.3 Å². The maximum atomic E-state index is 14.3. The first kappa shape index (κ1) is 16.0. The summed E-state index contributed by atoms with van der Waals surface area (Å²) in [6, 6.07) is 7.16. The number of rotatable bonds is 1. The van der Waals surface area contributed by atoms with Crippen molar-refractivity contribution in [3.63, 3.8) is 0 Å². The van der Waals surface area contributed by atoms with Gasteiger partial charge in [-0.05, 0) is 12.5 Å². The number of nitrogens with zero attached hydrogens (tertiary/aromatic N) is 3. The highest BCUT2D eigenvalue weighted by molar-refractivity contribution is 6.05. The molecule has 2 aliphatic rings. The first-order valence-corrected chi connectivity index (χ1v) is 8.19. The SMILES string of the molecule is Cn1nc(C(=O)N2CC(F)(F)C[C@]3(CCNC3=O)C2)c2ccccc21. The Morgan fingerprint density at radius 1 is 1.28 bits per heavy atom. The number of nitrogens with one attached hydrogen (secondary N) is 1. The number of carbonyl (C=O) groups excluding carboxylic acids is 2. The second-order valence-electron chi connectivity index (χ2n) is 6.97. The second kappa shape index (κ2) is 5.24. The molecular weight excluding hydrogens is 330 g/mol. The zero-order chi connectivity index (χ0) is 17.8. The number of aryl methyl sites for hydroxylation is 1. The summed E-state index contributed by atoms with van der Waals surface area (Å²) >= 11 is 0. The lowest BCUT2D eigenvalue weighted by Crippen LogP contribution is -2.57. The van der Waals surface area contributed by atoms with Crippen LogP contribution in [0.1, 0.15) is 23.3 Å². The minimum absolute atomic E-state index is 0.00183. The average Bonchev–Trinajstić information content (AvgIpc) is 3.07. The summed E-state index contributed by atoms with van der Waals surface area (Å²) in [5.41, 5.74) is -0.311. The molecule has 2 aliphatic heterocycles. The first-order valence-electron chi connectivity index (χ1n) is 8.19. The molecule has 1 N–H and O–H groups in total. The Hall–Kier alpha value is -2.51. The fraction of sp³-hybridized carbons (Fsp3) is 0.471. The van der Waals surface area contributed by atoms with Crippen molar-refractivity contribution in [2.45, 2.75) is 18.8 Å². The Balaban J connectivity index is 1.72. The fourth-order valence-corrected chi connectivity index (χ4v) is 4.01. The summed E-state index contributed by atoms with van der Waals surface area (Å²) in [6.07, 6.45) is -0.202. The second-order valence-corrected chi connectivity index (χ2v) is 6.97. The number of hydrogen-bond acceptors (Lipinski definition) is 3. The summed E-state index contributed by atoms with van der Waals surface area (Å²) in [5, 5.41) is 7.47. The summed E-state index contributed by atoms with van der Waals surface area (Å²) in [7, 11) is 1.70. The van der Waals surface area contributed by atoms with E-state index in [1.54, 1.807) is 23.9 Å². The topological polar surface area (TPSA) is 67.2 Å². The molecule has 4 rings (SSSR count). The molecule has 1 spiro atoms. The molecular formula is C17H18F2N4O2. The van der Waals surface area contributed by atoms with Gasteiger partial charge in [-0.15, -0.1) is 0 Å². The van der Waals surface area contributed by atoms with Crippen molar-refractivity contribution in [2.75, 3.05) is 19.6 Å². The predicted octanol–water partition coefficient (Wildman–Crippen LogP) is 1.56. The monoisotopic (exact) mass is 348 g/mol. The average molecular weight is 348 g/mol. The molecule has 0 aliphatic carbocycles. The lowest BCUT2D eigenvalue weighted by Gasteiger charge is -2.42. The Morgan fingerprint density at radius 2 is 2.04 bits per heavy atom. The Kier molecular flexibility index (Phi) is 3.35. The van der Waals surface area contributed by atoms with Crippen LogP contribution in [0.2, 0.25) is 0 Å². The third-order valence-corrected chi connectivity index (χ3v) is 5.13. The van der Waals surface area contributed by atoms with Gasteiger partial charge < -0.3 is 10.2 Å². The lowest BCUT2D eigenvalue weighted by atomic mass is 9.77. The van der Waals surface area contributed by atoms with Gasteiger partial charge in [0.1, 0.15) is 0 Å². The van der Waals surface area contributed by atoms with Gasteiger partial charge in [0.2, 0.25) is 5.91 Å². The molecule has 0 bridgehead atoms. The standard InChI is InChI=1S/C17H18F2N4O2/c1-22-12-5-3-2-4-11(12)13(21-22)14(24)23-9-16(6-7-20-15(16)25)8-17(18,19)10-23/h2-5H,6-10H2,1H3,(H,20,25)/t16-/m1/s1. The van der Waals surface area contributed by atoms with Crippen molar-refractivity contribution in [2.24, 2.45) is 12.5 Å². The third-order valence-electron chi connectivity index (χ3n) is 5.13. The number of fused-ring (bicyclic) bond motifs is 1. The summed E-state index contributed by atoms with van der Waals surface area (Å²) < 4.78 is 30.2. The van der Waals surface area contributed by atoms with Gasteiger partial charge in [-0.25, -0.2) is 8.78 Å². The van der Waals surface area contributed by atoms with Crippen LogP contribution in [0.3, 0.4) is 0 Å². The number of alkyl halides is 2. The van der Waals surface area contributed by atoms with Crippen LogP contribution in [0, 0.1) is 5.41 Å². The van der Waals surface area contributed by atoms with Gasteiger partial charge in [-0.2, -0.15) is 5.10 Å². The van der Waals surface area contributed by atoms with Crippen molar-refractivity contribution >= 4 is 22.7 Å².